The average Bonchev–Trinajstić information content (AvgIpc) is 3.73. The molecule has 0 amide bonds. The molecule has 0 bridgehead atoms. The molecule has 1 N–H and O–H groups in total. The number of halogens is 3. The van der Waals surface area contributed by atoms with Gasteiger partial charge in [-0.3, -0.25) is 5.32 Å². The van der Waals surface area contributed by atoms with E-state index in [9.17, 15) is 0 Å². The second-order valence-electron chi connectivity index (χ2n) is 19.0. The fourth-order valence-corrected chi connectivity index (χ4v) is 16.2. The van der Waals surface area contributed by atoms with E-state index in [2.05, 4.69) is 235 Å². The summed E-state index contributed by atoms with van der Waals surface area (Å²) in [5.74, 6) is 0. The minimum Gasteiger partial charge on any atom is -0.352 e. The van der Waals surface area contributed by atoms with Gasteiger partial charge < -0.3 is 13.7 Å². The Hall–Kier alpha value is -0.106. The molecule has 1 atom stereocenters. The van der Waals surface area contributed by atoms with Crippen molar-refractivity contribution in [2.24, 2.45) is 14.1 Å². The molecule has 1 unspecified atom stereocenters. The number of para-hydroxylation sites is 2. The minimum absolute atomic E-state index is 0. The number of nitrogens with one attached hydrogen (secondary N) is 1. The highest BCUT2D eigenvalue weighted by atomic mass is 128. The van der Waals surface area contributed by atoms with Gasteiger partial charge in [-0.15, -0.1) is 24.0 Å². The van der Waals surface area contributed by atoms with Crippen molar-refractivity contribution < 1.29 is 4.53 Å². The van der Waals surface area contributed by atoms with E-state index in [4.69, 9.17) is 4.53 Å². The number of fused-ring (bicyclic) bond motifs is 2. The average molecular weight is 1170 g/mol. The maximum Gasteiger partial charge on any atom is 0.220 e. The first-order valence-electron chi connectivity index (χ1n) is 22.0. The first-order chi connectivity index (χ1) is 26.7. The van der Waals surface area contributed by atoms with Gasteiger partial charge in [-0.1, -0.05) is 96.1 Å². The number of hydroxylamine groups is 2. The van der Waals surface area contributed by atoms with E-state index < -0.39 is 16.4 Å². The topological polar surface area (TPSA) is 34.4 Å². The van der Waals surface area contributed by atoms with Crippen LogP contribution in [0.5, 0.6) is 0 Å². The highest BCUT2D eigenvalue weighted by Crippen LogP contribution is 2.41. The number of hydrogen-bond donors (Lipinski definition) is 1. The summed E-state index contributed by atoms with van der Waals surface area (Å²) in [4.78, 5) is 0. The fourth-order valence-electron chi connectivity index (χ4n) is 9.54. The number of aryl methyl sites for hydroxylation is 2. The summed E-state index contributed by atoms with van der Waals surface area (Å²) >= 11 is 4.24. The molecule has 2 aromatic carbocycles. The quantitative estimate of drug-likeness (QED) is 0.103. The van der Waals surface area contributed by atoms with Crippen molar-refractivity contribution in [1.82, 2.24) is 19.5 Å². The summed E-state index contributed by atoms with van der Waals surface area (Å²) in [7, 11) is 1.48. The van der Waals surface area contributed by atoms with Gasteiger partial charge in [0.05, 0.1) is 6.92 Å². The zero-order chi connectivity index (χ0) is 43.3. The number of piperidine rings is 2. The number of hydrogen-bond acceptors (Lipinski definition) is 3. The monoisotopic (exact) mass is 1170 g/mol. The van der Waals surface area contributed by atoms with Crippen LogP contribution in [0.15, 0.2) is 66.9 Å². The molecule has 2 saturated heterocycles. The van der Waals surface area contributed by atoms with Gasteiger partial charge in [0.1, 0.15) is 8.07 Å². The van der Waals surface area contributed by atoms with Crippen LogP contribution in [-0.2, 0) is 18.6 Å². The van der Waals surface area contributed by atoms with E-state index in [0.717, 1.165) is 0 Å². The molecule has 0 saturated carbocycles. The van der Waals surface area contributed by atoms with E-state index >= 15 is 0 Å². The van der Waals surface area contributed by atoms with Gasteiger partial charge in [-0.2, -0.15) is 5.06 Å². The Balaban J connectivity index is 0.000000390. The smallest absolute Gasteiger partial charge is 0.220 e. The Morgan fingerprint density at radius 3 is 1.53 bits per heavy atom. The molecule has 4 aromatic rings. The Morgan fingerprint density at radius 2 is 1.12 bits per heavy atom. The van der Waals surface area contributed by atoms with Crippen molar-refractivity contribution in [2.45, 2.75) is 187 Å². The van der Waals surface area contributed by atoms with Gasteiger partial charge in [-0.05, 0) is 134 Å². The summed E-state index contributed by atoms with van der Waals surface area (Å²) in [6.45, 7) is 34.2. The van der Waals surface area contributed by atoms with Crippen molar-refractivity contribution in [2.75, 3.05) is 0 Å². The van der Waals surface area contributed by atoms with Crippen LogP contribution in [0.2, 0.25) is 36.3 Å². The lowest BCUT2D eigenvalue weighted by Gasteiger charge is -2.54. The standard InChI is InChI=1S/C15H33NOSi.C15H23NSi.C9H9N.C9H18N.I2.HI/c1-8-18(9-2,10-3)17-16-14(4,5)12-11-13-15(16,6)7;1-5-17(6-2,7-3)15-12-13-10-8-9-11-14(13)16(15)4;1-10-7-6-8-4-2-3-5-9(8)10;1-8(2)6-5-7-9(3,4)10-8;1-2;/h8-13H2,1-7H3;8-12H,5-7H2,1-4H3;2-7H,1H3;10H,1,5-7H2,2-4H3;;1H/q;;;+1;;. The van der Waals surface area contributed by atoms with Gasteiger partial charge in [0, 0.05) is 96.9 Å². The highest BCUT2D eigenvalue weighted by Gasteiger charge is 2.46. The number of rotatable bonds is 9. The number of aromatic nitrogens is 2. The molecule has 2 aliphatic rings. The Morgan fingerprint density at radius 1 is 0.655 bits per heavy atom. The van der Waals surface area contributed by atoms with Crippen molar-refractivity contribution in [3.63, 3.8) is 0 Å². The van der Waals surface area contributed by atoms with Crippen LogP contribution in [0.3, 0.4) is 0 Å². The highest BCUT2D eigenvalue weighted by molar-refractivity contribution is 15.0. The van der Waals surface area contributed by atoms with E-state index in [0.29, 0.717) is 5.54 Å². The predicted molar refractivity (Wildman–Crippen MR) is 293 cm³/mol. The molecule has 5 nitrogen and oxygen atoms in total. The van der Waals surface area contributed by atoms with Crippen LogP contribution in [0.4, 0.5) is 0 Å². The third-order valence-corrected chi connectivity index (χ3v) is 23.4. The van der Waals surface area contributed by atoms with E-state index in [1.807, 2.05) is 0 Å². The first-order valence-corrected chi connectivity index (χ1v) is 33.5. The van der Waals surface area contributed by atoms with Crippen molar-refractivity contribution in [3.8, 4) is 0 Å². The third kappa shape index (κ3) is 15.0. The van der Waals surface area contributed by atoms with Crippen LogP contribution in [0.25, 0.3) is 21.8 Å². The molecular weight excluding hydrogens is 1090 g/mol. The van der Waals surface area contributed by atoms with Gasteiger partial charge in [0.15, 0.2) is 5.54 Å². The largest absolute Gasteiger partial charge is 0.352 e. The number of benzene rings is 2. The van der Waals surface area contributed by atoms with Crippen molar-refractivity contribution in [3.05, 3.63) is 73.8 Å². The second-order valence-corrected chi connectivity index (χ2v) is 28.9. The van der Waals surface area contributed by atoms with Crippen LogP contribution < -0.4 is 10.6 Å². The summed E-state index contributed by atoms with van der Waals surface area (Å²) < 4.78 is 11.3. The Labute approximate surface area is 399 Å². The Bertz CT molecular complexity index is 1710. The van der Waals surface area contributed by atoms with E-state index in [1.165, 1.54) is 96.6 Å². The van der Waals surface area contributed by atoms with Crippen LogP contribution in [-0.4, -0.2) is 52.7 Å². The molecule has 0 aliphatic carbocycles. The van der Waals surface area contributed by atoms with Crippen molar-refractivity contribution in [1.29, 1.82) is 0 Å². The molecular formula is C48H84I3N4OSi2+. The summed E-state index contributed by atoms with van der Waals surface area (Å²) in [5, 5.41) is 10.2. The fraction of sp³-hybridized carbons (Fsp3) is 0.646. The molecule has 0 radical (unpaired) electrons. The molecule has 2 fully saturated rings. The zero-order valence-corrected chi connectivity index (χ0v) is 48.1. The zero-order valence-electron chi connectivity index (χ0n) is 39.5. The van der Waals surface area contributed by atoms with Gasteiger partial charge >= 0.3 is 0 Å². The van der Waals surface area contributed by atoms with Crippen LogP contribution in [0, 0.1) is 6.92 Å². The van der Waals surface area contributed by atoms with Crippen molar-refractivity contribution >= 4 is 105 Å². The molecule has 330 valence electrons. The lowest BCUT2D eigenvalue weighted by molar-refractivity contribution is -0.226. The maximum atomic E-state index is 6.73. The third-order valence-electron chi connectivity index (χ3n) is 13.4. The molecule has 4 heterocycles. The molecule has 6 rings (SSSR count). The number of nitrogens with zero attached hydrogens (tertiary/aromatic N) is 3. The van der Waals surface area contributed by atoms with E-state index in [-0.39, 0.29) is 40.6 Å². The first kappa shape index (κ1) is 55.9. The predicted octanol–water partition coefficient (Wildman–Crippen LogP) is 15.6. The molecule has 2 aromatic heterocycles. The molecule has 0 spiro atoms. The van der Waals surface area contributed by atoms with Crippen LogP contribution >= 0.6 is 61.2 Å². The SMILES string of the molecule is CC[Si](CC)(CC)ON1C(C)(C)CCCC1(C)C.CC[Si](CC)(CC)c1cc2ccccc2n1C.Cn1ccc2ccccc21.I.II.[CH2+]C1(C)CCCC(C)(C)N1. The summed E-state index contributed by atoms with van der Waals surface area (Å²) in [5.41, 5.74) is 3.45. The van der Waals surface area contributed by atoms with Gasteiger partial charge in [0.25, 0.3) is 0 Å². The van der Waals surface area contributed by atoms with Gasteiger partial charge in [-0.25, -0.2) is 0 Å². The molecule has 58 heavy (non-hydrogen) atoms. The van der Waals surface area contributed by atoms with Crippen LogP contribution in [0.1, 0.15) is 129 Å². The minimum atomic E-state index is -1.56. The maximum absolute atomic E-state index is 6.73. The second kappa shape index (κ2) is 24.7. The Kier molecular flexibility index (Phi) is 23.8. The van der Waals surface area contributed by atoms with Gasteiger partial charge in [0.2, 0.25) is 8.32 Å². The lowest BCUT2D eigenvalue weighted by Crippen LogP contribution is -2.62. The molecule has 2 aliphatic heterocycles. The summed E-state index contributed by atoms with van der Waals surface area (Å²) in [6.07, 6.45) is 9.67. The summed E-state index contributed by atoms with van der Waals surface area (Å²) in [6, 6.07) is 29.4. The molecule has 10 heteroatoms. The lowest BCUT2D eigenvalue weighted by atomic mass is 9.82. The van der Waals surface area contributed by atoms with E-state index in [1.54, 1.807) is 5.32 Å². The normalized spacial score (nSPS) is 19.8.